The van der Waals surface area contributed by atoms with Gasteiger partial charge in [0.2, 0.25) is 0 Å². The lowest BCUT2D eigenvalue weighted by Crippen LogP contribution is -2.50. The van der Waals surface area contributed by atoms with Crippen LogP contribution in [0.3, 0.4) is 0 Å². The predicted molar refractivity (Wildman–Crippen MR) is 194 cm³/mol. The van der Waals surface area contributed by atoms with Gasteiger partial charge < -0.3 is 39.6 Å². The lowest BCUT2D eigenvalue weighted by Gasteiger charge is -2.40. The van der Waals surface area contributed by atoms with Crippen LogP contribution in [-0.2, 0) is 16.0 Å². The molecule has 4 atom stereocenters. The number of hydrogen-bond acceptors (Lipinski definition) is 10. The van der Waals surface area contributed by atoms with Gasteiger partial charge in [-0.15, -0.1) is 0 Å². The minimum absolute atomic E-state index is 0.125. The van der Waals surface area contributed by atoms with Crippen LogP contribution in [0.1, 0.15) is 75.0 Å². The molecule has 0 bridgehead atoms. The maximum Gasteiger partial charge on any atom is 0.253 e. The molecule has 3 aromatic rings. The van der Waals surface area contributed by atoms with Crippen LogP contribution in [0.2, 0.25) is 0 Å². The van der Waals surface area contributed by atoms with E-state index in [0.717, 1.165) is 49.7 Å². The van der Waals surface area contributed by atoms with Gasteiger partial charge in [-0.1, -0.05) is 62.4 Å². The summed E-state index contributed by atoms with van der Waals surface area (Å²) in [6.45, 7) is 3.36. The van der Waals surface area contributed by atoms with Crippen LogP contribution >= 0.6 is 0 Å². The maximum atomic E-state index is 13.2. The molecule has 49 heavy (non-hydrogen) atoms. The van der Waals surface area contributed by atoms with E-state index in [1.54, 1.807) is 21.3 Å². The SMILES string of the molecule is COCCCOC(c1ccccc1)C1CCCN(c2c(N[C@@H](CC3CCCCC3)[C@H](O)CNCc3cc(OC)cc(OC)c3)c(=O)c2=O)C1. The molecule has 2 fully saturated rings. The highest BCUT2D eigenvalue weighted by Crippen LogP contribution is 2.36. The van der Waals surface area contributed by atoms with Gasteiger partial charge >= 0.3 is 0 Å². The summed E-state index contributed by atoms with van der Waals surface area (Å²) in [5, 5.41) is 18.4. The Morgan fingerprint density at radius 1 is 0.898 bits per heavy atom. The highest BCUT2D eigenvalue weighted by atomic mass is 16.5. The molecule has 1 heterocycles. The number of piperidine rings is 1. The number of nitrogens with one attached hydrogen (secondary N) is 2. The van der Waals surface area contributed by atoms with Crippen LogP contribution in [-0.4, -0.2) is 71.4 Å². The topological polar surface area (TPSA) is 119 Å². The van der Waals surface area contributed by atoms with Gasteiger partial charge in [-0.05, 0) is 54.9 Å². The Kier molecular flexibility index (Phi) is 13.9. The normalized spacial score (nSPS) is 19.0. The van der Waals surface area contributed by atoms with E-state index < -0.39 is 17.0 Å². The van der Waals surface area contributed by atoms with Crippen LogP contribution in [0.25, 0.3) is 0 Å². The molecule has 10 nitrogen and oxygen atoms in total. The number of aliphatic hydroxyl groups excluding tert-OH is 1. The van der Waals surface area contributed by atoms with Crippen molar-refractivity contribution in [1.82, 2.24) is 5.32 Å². The molecule has 1 saturated carbocycles. The zero-order chi connectivity index (χ0) is 34.6. The minimum Gasteiger partial charge on any atom is -0.497 e. The Morgan fingerprint density at radius 2 is 1.63 bits per heavy atom. The second-order valence-electron chi connectivity index (χ2n) is 13.7. The Morgan fingerprint density at radius 3 is 2.33 bits per heavy atom. The van der Waals surface area contributed by atoms with Gasteiger partial charge in [0.1, 0.15) is 22.9 Å². The van der Waals surface area contributed by atoms with Crippen molar-refractivity contribution >= 4 is 11.4 Å². The molecule has 2 unspecified atom stereocenters. The molecule has 1 saturated heterocycles. The van der Waals surface area contributed by atoms with Gasteiger partial charge in [0.05, 0.1) is 32.5 Å². The van der Waals surface area contributed by atoms with E-state index in [0.29, 0.717) is 68.2 Å². The van der Waals surface area contributed by atoms with E-state index in [1.165, 1.54) is 19.3 Å². The molecule has 1 aliphatic heterocycles. The molecule has 1 aliphatic carbocycles. The molecular formula is C39H55N3O7. The van der Waals surface area contributed by atoms with E-state index in [4.69, 9.17) is 18.9 Å². The zero-order valence-electron chi connectivity index (χ0n) is 29.5. The first kappa shape index (κ1) is 36.8. The van der Waals surface area contributed by atoms with Crippen LogP contribution in [0.15, 0.2) is 58.1 Å². The monoisotopic (exact) mass is 677 g/mol. The molecule has 0 spiro atoms. The number of benzene rings is 2. The average molecular weight is 678 g/mol. The first-order valence-electron chi connectivity index (χ1n) is 18.0. The summed E-state index contributed by atoms with van der Waals surface area (Å²) < 4.78 is 22.5. The average Bonchev–Trinajstić information content (AvgIpc) is 3.14. The van der Waals surface area contributed by atoms with Crippen molar-refractivity contribution in [3.8, 4) is 11.5 Å². The van der Waals surface area contributed by atoms with Crippen molar-refractivity contribution in [3.63, 3.8) is 0 Å². The highest BCUT2D eigenvalue weighted by Gasteiger charge is 2.35. The standard InChI is InChI=1S/C39H55N3O7/c1-46-18-11-19-49-39(29-14-8-5-9-15-29)30-16-10-17-42(26-30)36-35(37(44)38(36)45)41-33(22-27-12-6-4-7-13-27)34(43)25-40-24-28-20-31(47-2)23-32(21-28)48-3/h5,8-9,14-15,20-21,23,27,30,33-34,39-41,43H,4,6-7,10-13,16-19,22,24-26H2,1-3H3/t30?,33-,34+,39?/m0/s1. The molecule has 10 heteroatoms. The van der Waals surface area contributed by atoms with Crippen molar-refractivity contribution in [3.05, 3.63) is 80.1 Å². The Bertz CT molecular complexity index is 1480. The lowest BCUT2D eigenvalue weighted by molar-refractivity contribution is -0.00235. The zero-order valence-corrected chi connectivity index (χ0v) is 29.5. The van der Waals surface area contributed by atoms with E-state index in [-0.39, 0.29) is 18.1 Å². The first-order chi connectivity index (χ1) is 23.9. The third-order valence-electron chi connectivity index (χ3n) is 10.2. The van der Waals surface area contributed by atoms with Gasteiger partial charge in [0.15, 0.2) is 0 Å². The highest BCUT2D eigenvalue weighted by molar-refractivity contribution is 5.75. The number of nitrogens with zero attached hydrogens (tertiary/aromatic N) is 1. The fourth-order valence-electron chi connectivity index (χ4n) is 7.59. The lowest BCUT2D eigenvalue weighted by atomic mass is 9.83. The Balaban J connectivity index is 1.30. The van der Waals surface area contributed by atoms with Gasteiger partial charge in [0.25, 0.3) is 10.9 Å². The number of methoxy groups -OCH3 is 3. The third-order valence-corrected chi connectivity index (χ3v) is 10.2. The van der Waals surface area contributed by atoms with Gasteiger partial charge in [-0.2, -0.15) is 0 Å². The predicted octanol–water partition coefficient (Wildman–Crippen LogP) is 5.21. The summed E-state index contributed by atoms with van der Waals surface area (Å²) in [5.74, 6) is 2.02. The summed E-state index contributed by atoms with van der Waals surface area (Å²) in [4.78, 5) is 28.5. The van der Waals surface area contributed by atoms with Crippen molar-refractivity contribution < 1.29 is 24.1 Å². The summed E-state index contributed by atoms with van der Waals surface area (Å²) in [7, 11) is 4.94. The molecule has 0 aromatic heterocycles. The molecular weight excluding hydrogens is 622 g/mol. The first-order valence-corrected chi connectivity index (χ1v) is 18.0. The quantitative estimate of drug-likeness (QED) is 0.115. The summed E-state index contributed by atoms with van der Waals surface area (Å²) >= 11 is 0. The van der Waals surface area contributed by atoms with Crippen LogP contribution in [0, 0.1) is 11.8 Å². The van der Waals surface area contributed by atoms with Gasteiger partial charge in [-0.25, -0.2) is 0 Å². The molecule has 0 radical (unpaired) electrons. The number of aliphatic hydroxyl groups is 1. The van der Waals surface area contributed by atoms with Crippen LogP contribution < -0.4 is 35.9 Å². The summed E-state index contributed by atoms with van der Waals surface area (Å²) in [6, 6.07) is 15.6. The van der Waals surface area contributed by atoms with E-state index in [2.05, 4.69) is 27.7 Å². The van der Waals surface area contributed by atoms with Gasteiger partial charge in [0, 0.05) is 58.5 Å². The molecule has 5 rings (SSSR count). The van der Waals surface area contributed by atoms with Crippen LogP contribution in [0.4, 0.5) is 11.4 Å². The smallest absolute Gasteiger partial charge is 0.253 e. The Labute approximate surface area is 290 Å². The number of anilines is 2. The number of rotatable bonds is 19. The van der Waals surface area contributed by atoms with E-state index >= 15 is 0 Å². The summed E-state index contributed by atoms with van der Waals surface area (Å²) in [5.41, 5.74) is 1.95. The van der Waals surface area contributed by atoms with E-state index in [1.807, 2.05) is 36.4 Å². The van der Waals surface area contributed by atoms with Crippen LogP contribution in [0.5, 0.6) is 11.5 Å². The minimum atomic E-state index is -0.774. The number of hydrogen-bond donors (Lipinski definition) is 3. The molecule has 0 amide bonds. The fourth-order valence-corrected chi connectivity index (χ4v) is 7.59. The fraction of sp³-hybridized carbons (Fsp3) is 0.590. The van der Waals surface area contributed by atoms with E-state index in [9.17, 15) is 14.7 Å². The summed E-state index contributed by atoms with van der Waals surface area (Å²) in [6.07, 6.45) is 8.32. The second-order valence-corrected chi connectivity index (χ2v) is 13.7. The third kappa shape index (κ3) is 9.84. The molecule has 3 N–H and O–H groups in total. The maximum absolute atomic E-state index is 13.2. The Hall–Kier alpha value is -3.44. The van der Waals surface area contributed by atoms with Gasteiger partial charge in [-0.3, -0.25) is 9.59 Å². The molecule has 2 aliphatic rings. The van der Waals surface area contributed by atoms with Crippen molar-refractivity contribution in [1.29, 1.82) is 0 Å². The number of ether oxygens (including phenoxy) is 4. The molecule has 268 valence electrons. The largest absolute Gasteiger partial charge is 0.497 e. The van der Waals surface area contributed by atoms with Crippen molar-refractivity contribution in [2.45, 2.75) is 82.6 Å². The van der Waals surface area contributed by atoms with Crippen molar-refractivity contribution in [2.75, 3.05) is 64.4 Å². The van der Waals surface area contributed by atoms with Crippen molar-refractivity contribution in [2.24, 2.45) is 11.8 Å². The molecule has 3 aromatic carbocycles. The second kappa shape index (κ2) is 18.5.